The first kappa shape index (κ1) is 16.5. The van der Waals surface area contributed by atoms with Gasteiger partial charge in [0.25, 0.3) is 0 Å². The highest BCUT2D eigenvalue weighted by Crippen LogP contribution is 2.24. The number of nitrogens with zero attached hydrogens (tertiary/aromatic N) is 6. The number of fused-ring (bicyclic) bond motifs is 1. The zero-order chi connectivity index (χ0) is 17.9. The Labute approximate surface area is 151 Å². The van der Waals surface area contributed by atoms with Crippen LogP contribution >= 0.6 is 0 Å². The Morgan fingerprint density at radius 3 is 2.96 bits per heavy atom. The van der Waals surface area contributed by atoms with E-state index in [0.29, 0.717) is 17.8 Å². The van der Waals surface area contributed by atoms with Gasteiger partial charge in [0.2, 0.25) is 11.7 Å². The van der Waals surface area contributed by atoms with Gasteiger partial charge in [-0.3, -0.25) is 4.40 Å². The molecule has 0 bridgehead atoms. The van der Waals surface area contributed by atoms with E-state index in [0.717, 1.165) is 42.8 Å². The van der Waals surface area contributed by atoms with E-state index in [1.807, 2.05) is 46.9 Å². The molecule has 1 aliphatic rings. The summed E-state index contributed by atoms with van der Waals surface area (Å²) in [5, 5.41) is 11.3. The molecule has 26 heavy (non-hydrogen) atoms. The van der Waals surface area contributed by atoms with E-state index in [4.69, 9.17) is 0 Å². The molecule has 1 fully saturated rings. The minimum atomic E-state index is 0.378. The highest BCUT2D eigenvalue weighted by molar-refractivity contribution is 5.84. The van der Waals surface area contributed by atoms with E-state index < -0.39 is 0 Å². The Morgan fingerprint density at radius 2 is 2.15 bits per heavy atom. The maximum Gasteiger partial charge on any atom is 0.240 e. The number of piperidine rings is 1. The van der Waals surface area contributed by atoms with Crippen LogP contribution in [0.1, 0.15) is 18.5 Å². The van der Waals surface area contributed by atoms with Crippen molar-refractivity contribution in [3.8, 4) is 11.1 Å². The van der Waals surface area contributed by atoms with Crippen LogP contribution in [0.15, 0.2) is 47.1 Å². The lowest BCUT2D eigenvalue weighted by atomic mass is 10.1. The number of aromatic nitrogens is 4. The number of guanidine groups is 1. The van der Waals surface area contributed by atoms with E-state index in [1.54, 1.807) is 6.20 Å². The molecule has 1 saturated heterocycles. The van der Waals surface area contributed by atoms with Gasteiger partial charge in [-0.2, -0.15) is 0 Å². The van der Waals surface area contributed by atoms with Gasteiger partial charge in [0.15, 0.2) is 0 Å². The van der Waals surface area contributed by atoms with E-state index in [1.165, 1.54) is 0 Å². The molecule has 134 valence electrons. The van der Waals surface area contributed by atoms with Crippen molar-refractivity contribution < 1.29 is 0 Å². The van der Waals surface area contributed by atoms with Gasteiger partial charge in [-0.1, -0.05) is 0 Å². The van der Waals surface area contributed by atoms with Crippen LogP contribution < -0.4 is 10.6 Å². The molecule has 0 unspecified atom stereocenters. The van der Waals surface area contributed by atoms with E-state index in [9.17, 15) is 0 Å². The summed E-state index contributed by atoms with van der Waals surface area (Å²) in [4.78, 5) is 12.6. The molecule has 3 aromatic heterocycles. The summed E-state index contributed by atoms with van der Waals surface area (Å²) in [7, 11) is 0. The first-order valence-corrected chi connectivity index (χ1v) is 8.74. The van der Waals surface area contributed by atoms with Gasteiger partial charge in [0.05, 0.1) is 0 Å². The van der Waals surface area contributed by atoms with Crippen LogP contribution in [-0.4, -0.2) is 50.9 Å². The Morgan fingerprint density at radius 1 is 1.31 bits per heavy atom. The van der Waals surface area contributed by atoms with Crippen LogP contribution in [0.25, 0.3) is 16.9 Å². The van der Waals surface area contributed by atoms with Crippen molar-refractivity contribution in [3.05, 3.63) is 42.7 Å². The summed E-state index contributed by atoms with van der Waals surface area (Å²) in [5.41, 5.74) is 3.10. The summed E-state index contributed by atoms with van der Waals surface area (Å²) in [5.74, 6) is 1.23. The highest BCUT2D eigenvalue weighted by Gasteiger charge is 2.14. The molecule has 8 heteroatoms. The van der Waals surface area contributed by atoms with Gasteiger partial charge in [0, 0.05) is 53.8 Å². The molecule has 0 atom stereocenters. The Hall–Kier alpha value is -3.00. The molecule has 3 aromatic rings. The summed E-state index contributed by atoms with van der Waals surface area (Å²) in [6, 6.07) is 2.41. The topological polar surface area (TPSA) is 83.9 Å². The molecule has 0 aliphatic carbocycles. The van der Waals surface area contributed by atoms with Gasteiger partial charge < -0.3 is 10.6 Å². The number of rotatable bonds is 3. The number of hydrogen-bond donors (Lipinski definition) is 2. The lowest BCUT2D eigenvalue weighted by molar-refractivity contribution is 0.427. The van der Waals surface area contributed by atoms with E-state index >= 15 is 0 Å². The smallest absolute Gasteiger partial charge is 0.240 e. The van der Waals surface area contributed by atoms with E-state index in [-0.39, 0.29) is 0 Å². The zero-order valence-electron chi connectivity index (χ0n) is 14.8. The van der Waals surface area contributed by atoms with Crippen LogP contribution in [0.4, 0.5) is 0 Å². The molecule has 8 nitrogen and oxygen atoms in total. The second kappa shape index (κ2) is 7.09. The second-order valence-corrected chi connectivity index (χ2v) is 6.39. The van der Waals surface area contributed by atoms with Gasteiger partial charge in [0.1, 0.15) is 0 Å². The third-order valence-electron chi connectivity index (χ3n) is 4.70. The second-order valence-electron chi connectivity index (χ2n) is 6.39. The maximum atomic E-state index is 4.60. The predicted molar refractivity (Wildman–Crippen MR) is 103 cm³/mol. The van der Waals surface area contributed by atoms with Gasteiger partial charge in [-0.25, -0.2) is 19.6 Å². The van der Waals surface area contributed by atoms with Crippen molar-refractivity contribution in [2.24, 2.45) is 10.1 Å². The fourth-order valence-corrected chi connectivity index (χ4v) is 3.23. The largest absolute Gasteiger partial charge is 0.350 e. The van der Waals surface area contributed by atoms with Crippen LogP contribution in [0.5, 0.6) is 0 Å². The Kier molecular flexibility index (Phi) is 4.49. The first-order chi connectivity index (χ1) is 12.7. The van der Waals surface area contributed by atoms with Crippen LogP contribution in [0.3, 0.4) is 0 Å². The quantitative estimate of drug-likeness (QED) is 0.556. The molecule has 2 N–H and O–H groups in total. The first-order valence-electron chi connectivity index (χ1n) is 8.74. The average Bonchev–Trinajstić information content (AvgIpc) is 3.28. The van der Waals surface area contributed by atoms with Crippen LogP contribution in [0.2, 0.25) is 0 Å². The van der Waals surface area contributed by atoms with Gasteiger partial charge >= 0.3 is 0 Å². The van der Waals surface area contributed by atoms with Crippen LogP contribution in [0, 0.1) is 6.92 Å². The minimum Gasteiger partial charge on any atom is -0.350 e. The number of aliphatic imine (C=N–C) groups is 1. The SMILES string of the molecule is C=N/C(=N\n1ccc(-c2cnc3nccn3c2)c1C)NC1CCNCC1. The van der Waals surface area contributed by atoms with Crippen molar-refractivity contribution in [3.63, 3.8) is 0 Å². The molecule has 1 aliphatic heterocycles. The third kappa shape index (κ3) is 3.23. The van der Waals surface area contributed by atoms with E-state index in [2.05, 4.69) is 37.4 Å². The summed E-state index contributed by atoms with van der Waals surface area (Å²) < 4.78 is 3.73. The van der Waals surface area contributed by atoms with Gasteiger partial charge in [-0.15, -0.1) is 5.10 Å². The predicted octanol–water partition coefficient (Wildman–Crippen LogP) is 1.67. The van der Waals surface area contributed by atoms with Gasteiger partial charge in [-0.05, 0) is 45.6 Å². The fourth-order valence-electron chi connectivity index (χ4n) is 3.23. The molecule has 0 spiro atoms. The number of hydrogen-bond acceptors (Lipinski definition) is 4. The maximum absolute atomic E-state index is 4.60. The fraction of sp³-hybridized carbons (Fsp3) is 0.333. The molecular weight excluding hydrogens is 328 g/mol. The molecule has 0 saturated carbocycles. The molecule has 4 heterocycles. The number of imidazole rings is 1. The average molecular weight is 350 g/mol. The summed E-state index contributed by atoms with van der Waals surface area (Å²) in [6.07, 6.45) is 11.5. The molecule has 0 amide bonds. The van der Waals surface area contributed by atoms with Crippen molar-refractivity contribution in [2.45, 2.75) is 25.8 Å². The van der Waals surface area contributed by atoms with Crippen molar-refractivity contribution in [1.82, 2.24) is 29.7 Å². The number of nitrogens with one attached hydrogen (secondary N) is 2. The molecule has 0 aromatic carbocycles. The lowest BCUT2D eigenvalue weighted by Gasteiger charge is -2.23. The van der Waals surface area contributed by atoms with Crippen molar-refractivity contribution >= 4 is 18.5 Å². The minimum absolute atomic E-state index is 0.378. The monoisotopic (exact) mass is 350 g/mol. The normalized spacial score (nSPS) is 16.1. The molecule has 0 radical (unpaired) electrons. The molecule has 4 rings (SSSR count). The zero-order valence-corrected chi connectivity index (χ0v) is 14.8. The van der Waals surface area contributed by atoms with Crippen molar-refractivity contribution in [2.75, 3.05) is 13.1 Å². The summed E-state index contributed by atoms with van der Waals surface area (Å²) >= 11 is 0. The lowest BCUT2D eigenvalue weighted by Crippen LogP contribution is -2.42. The molecular formula is C18H22N8. The third-order valence-corrected chi connectivity index (χ3v) is 4.70. The Balaban J connectivity index is 1.60. The standard InChI is InChI=1S/C18H22N8/c1-13-16(14-11-22-18-21-8-10-25(18)12-14)5-9-26(13)24-17(19-2)23-15-3-6-20-7-4-15/h5,8-12,15,20H,2-4,6-7H2,1H3,(H,23,24). The Bertz CT molecular complexity index is 945. The summed E-state index contributed by atoms with van der Waals surface area (Å²) in [6.45, 7) is 7.71. The highest BCUT2D eigenvalue weighted by atomic mass is 15.4. The van der Waals surface area contributed by atoms with Crippen molar-refractivity contribution in [1.29, 1.82) is 0 Å². The van der Waals surface area contributed by atoms with Crippen LogP contribution in [-0.2, 0) is 0 Å².